The molecule has 0 radical (unpaired) electrons. The SMILES string of the molecule is Cn1cnc(S(=O)(=O)Nc2cccc(F)c2CN)c1. The average Bonchev–Trinajstić information content (AvgIpc) is 2.76. The van der Waals surface area contributed by atoms with Crippen molar-refractivity contribution in [2.45, 2.75) is 11.6 Å². The lowest BCUT2D eigenvalue weighted by molar-refractivity contribution is 0.597. The quantitative estimate of drug-likeness (QED) is 0.869. The van der Waals surface area contributed by atoms with Gasteiger partial charge in [-0.15, -0.1) is 0 Å². The van der Waals surface area contributed by atoms with Crippen molar-refractivity contribution in [2.24, 2.45) is 12.8 Å². The van der Waals surface area contributed by atoms with Crippen LogP contribution in [0.5, 0.6) is 0 Å². The van der Waals surface area contributed by atoms with E-state index in [2.05, 4.69) is 9.71 Å². The number of nitrogens with two attached hydrogens (primary N) is 1. The lowest BCUT2D eigenvalue weighted by Crippen LogP contribution is -2.16. The predicted octanol–water partition coefficient (Wildman–Crippen LogP) is 0.819. The van der Waals surface area contributed by atoms with E-state index < -0.39 is 15.8 Å². The minimum absolute atomic E-state index is 0.104. The molecule has 0 atom stereocenters. The smallest absolute Gasteiger partial charge is 0.280 e. The van der Waals surface area contributed by atoms with Gasteiger partial charge in [-0.2, -0.15) is 8.42 Å². The molecule has 102 valence electrons. The molecule has 2 aromatic rings. The standard InChI is InChI=1S/C11H13FN4O2S/c1-16-6-11(14-7-16)19(17,18)15-10-4-2-3-9(12)8(10)5-13/h2-4,6-7,15H,5,13H2,1H3. The maximum atomic E-state index is 13.5. The third-order valence-electron chi connectivity index (χ3n) is 2.52. The summed E-state index contributed by atoms with van der Waals surface area (Å²) in [5.74, 6) is -0.552. The Morgan fingerprint density at radius 2 is 2.21 bits per heavy atom. The lowest BCUT2D eigenvalue weighted by atomic mass is 10.2. The molecule has 0 unspecified atom stereocenters. The van der Waals surface area contributed by atoms with Gasteiger partial charge >= 0.3 is 0 Å². The summed E-state index contributed by atoms with van der Waals surface area (Å²) in [6.07, 6.45) is 2.72. The number of rotatable bonds is 4. The average molecular weight is 284 g/mol. The van der Waals surface area contributed by atoms with Gasteiger partial charge in [-0.3, -0.25) is 4.72 Å². The van der Waals surface area contributed by atoms with Crippen LogP contribution in [0, 0.1) is 5.82 Å². The van der Waals surface area contributed by atoms with Gasteiger partial charge < -0.3 is 10.3 Å². The first-order chi connectivity index (χ1) is 8.94. The van der Waals surface area contributed by atoms with Crippen LogP contribution >= 0.6 is 0 Å². The van der Waals surface area contributed by atoms with Crippen molar-refractivity contribution < 1.29 is 12.8 Å². The first kappa shape index (κ1) is 13.5. The second-order valence-corrected chi connectivity index (χ2v) is 5.58. The number of aryl methyl sites for hydroxylation is 1. The third kappa shape index (κ3) is 2.74. The Morgan fingerprint density at radius 3 is 2.79 bits per heavy atom. The molecular weight excluding hydrogens is 271 g/mol. The molecule has 1 aromatic carbocycles. The van der Waals surface area contributed by atoms with E-state index in [1.54, 1.807) is 7.05 Å². The highest BCUT2D eigenvalue weighted by Crippen LogP contribution is 2.21. The zero-order valence-electron chi connectivity index (χ0n) is 10.2. The van der Waals surface area contributed by atoms with Crippen molar-refractivity contribution in [2.75, 3.05) is 4.72 Å². The van der Waals surface area contributed by atoms with Crippen molar-refractivity contribution >= 4 is 15.7 Å². The molecule has 2 rings (SSSR count). The number of imidazole rings is 1. The topological polar surface area (TPSA) is 90.0 Å². The Morgan fingerprint density at radius 1 is 1.47 bits per heavy atom. The Labute approximate surface area is 110 Å². The van der Waals surface area contributed by atoms with Crippen LogP contribution < -0.4 is 10.5 Å². The Kier molecular flexibility index (Phi) is 3.54. The van der Waals surface area contributed by atoms with E-state index in [4.69, 9.17) is 5.73 Å². The maximum Gasteiger partial charge on any atom is 0.280 e. The molecule has 1 heterocycles. The second kappa shape index (κ2) is 4.98. The number of nitrogens with zero attached hydrogens (tertiary/aromatic N) is 2. The van der Waals surface area contributed by atoms with Crippen LogP contribution in [-0.2, 0) is 23.6 Å². The summed E-state index contributed by atoms with van der Waals surface area (Å²) in [5.41, 5.74) is 5.65. The normalized spacial score (nSPS) is 11.5. The summed E-state index contributed by atoms with van der Waals surface area (Å²) >= 11 is 0. The highest BCUT2D eigenvalue weighted by atomic mass is 32.2. The summed E-state index contributed by atoms with van der Waals surface area (Å²) in [6, 6.07) is 4.08. The zero-order valence-corrected chi connectivity index (χ0v) is 11.0. The van der Waals surface area contributed by atoms with Crippen LogP contribution in [0.4, 0.5) is 10.1 Å². The van der Waals surface area contributed by atoms with Crippen molar-refractivity contribution in [3.63, 3.8) is 0 Å². The summed E-state index contributed by atoms with van der Waals surface area (Å²) in [6.45, 7) is -0.104. The molecule has 19 heavy (non-hydrogen) atoms. The highest BCUT2D eigenvalue weighted by molar-refractivity contribution is 7.92. The number of hydrogen-bond donors (Lipinski definition) is 2. The predicted molar refractivity (Wildman–Crippen MR) is 68.3 cm³/mol. The van der Waals surface area contributed by atoms with E-state index in [9.17, 15) is 12.8 Å². The van der Waals surface area contributed by atoms with E-state index in [0.29, 0.717) is 0 Å². The van der Waals surface area contributed by atoms with Gasteiger partial charge in [0.25, 0.3) is 10.0 Å². The van der Waals surface area contributed by atoms with Crippen LogP contribution in [0.2, 0.25) is 0 Å². The molecule has 0 saturated carbocycles. The summed E-state index contributed by atoms with van der Waals surface area (Å²) < 4.78 is 41.4. The second-order valence-electron chi connectivity index (χ2n) is 3.95. The van der Waals surface area contributed by atoms with Gasteiger partial charge in [0.1, 0.15) is 5.82 Å². The number of sulfonamides is 1. The molecule has 8 heteroatoms. The fraction of sp³-hybridized carbons (Fsp3) is 0.182. The first-order valence-corrected chi connectivity index (χ1v) is 6.90. The van der Waals surface area contributed by atoms with Gasteiger partial charge in [-0.05, 0) is 12.1 Å². The van der Waals surface area contributed by atoms with Gasteiger partial charge in [0.2, 0.25) is 0 Å². The van der Waals surface area contributed by atoms with Crippen LogP contribution in [0.15, 0.2) is 35.7 Å². The molecule has 0 aliphatic heterocycles. The zero-order chi connectivity index (χ0) is 14.0. The molecule has 0 saturated heterocycles. The number of aromatic nitrogens is 2. The summed E-state index contributed by atoms with van der Waals surface area (Å²) in [7, 11) is -2.19. The third-order valence-corrected chi connectivity index (χ3v) is 3.77. The van der Waals surface area contributed by atoms with E-state index in [0.717, 1.165) is 0 Å². The number of benzene rings is 1. The minimum Gasteiger partial charge on any atom is -0.339 e. The number of hydrogen-bond acceptors (Lipinski definition) is 4. The van der Waals surface area contributed by atoms with E-state index >= 15 is 0 Å². The molecule has 0 bridgehead atoms. The summed E-state index contributed by atoms with van der Waals surface area (Å²) in [5, 5.41) is -0.137. The van der Waals surface area contributed by atoms with E-state index in [1.807, 2.05) is 0 Å². The number of halogens is 1. The van der Waals surface area contributed by atoms with Gasteiger partial charge in [0.15, 0.2) is 5.03 Å². The van der Waals surface area contributed by atoms with Crippen LogP contribution in [-0.4, -0.2) is 18.0 Å². The van der Waals surface area contributed by atoms with Gasteiger partial charge in [-0.25, -0.2) is 9.37 Å². The molecule has 0 aliphatic rings. The van der Waals surface area contributed by atoms with Crippen molar-refractivity contribution in [1.29, 1.82) is 0 Å². The van der Waals surface area contributed by atoms with E-state index in [1.165, 1.54) is 35.3 Å². The molecule has 6 nitrogen and oxygen atoms in total. The molecule has 0 spiro atoms. The maximum absolute atomic E-state index is 13.5. The monoisotopic (exact) mass is 284 g/mol. The molecule has 0 fully saturated rings. The first-order valence-electron chi connectivity index (χ1n) is 5.42. The fourth-order valence-electron chi connectivity index (χ4n) is 1.59. The van der Waals surface area contributed by atoms with Crippen molar-refractivity contribution in [3.8, 4) is 0 Å². The van der Waals surface area contributed by atoms with Crippen molar-refractivity contribution in [3.05, 3.63) is 42.1 Å². The van der Waals surface area contributed by atoms with Crippen LogP contribution in [0.1, 0.15) is 5.56 Å². The number of nitrogens with one attached hydrogen (secondary N) is 1. The molecule has 0 aliphatic carbocycles. The fourth-order valence-corrected chi connectivity index (χ4v) is 2.66. The van der Waals surface area contributed by atoms with Crippen LogP contribution in [0.3, 0.4) is 0 Å². The lowest BCUT2D eigenvalue weighted by Gasteiger charge is -2.10. The van der Waals surface area contributed by atoms with Crippen LogP contribution in [0.25, 0.3) is 0 Å². The number of anilines is 1. The highest BCUT2D eigenvalue weighted by Gasteiger charge is 2.19. The van der Waals surface area contributed by atoms with Gasteiger partial charge in [0.05, 0.1) is 12.0 Å². The Bertz CT molecular complexity index is 696. The van der Waals surface area contributed by atoms with E-state index in [-0.39, 0.29) is 22.8 Å². The van der Waals surface area contributed by atoms with Gasteiger partial charge in [0, 0.05) is 25.4 Å². The molecule has 1 aromatic heterocycles. The molecule has 3 N–H and O–H groups in total. The van der Waals surface area contributed by atoms with Gasteiger partial charge in [-0.1, -0.05) is 6.07 Å². The minimum atomic E-state index is -3.85. The summed E-state index contributed by atoms with van der Waals surface area (Å²) in [4.78, 5) is 3.75. The largest absolute Gasteiger partial charge is 0.339 e. The Hall–Kier alpha value is -1.93. The molecule has 0 amide bonds. The molecular formula is C11H13FN4O2S. The van der Waals surface area contributed by atoms with Crippen molar-refractivity contribution in [1.82, 2.24) is 9.55 Å². The Balaban J connectivity index is 2.38.